The van der Waals surface area contributed by atoms with Crippen LogP contribution in [0.1, 0.15) is 11.1 Å². The van der Waals surface area contributed by atoms with Crippen molar-refractivity contribution in [3.05, 3.63) is 132 Å². The molecule has 52 heavy (non-hydrogen) atoms. The van der Waals surface area contributed by atoms with Crippen molar-refractivity contribution in [1.82, 2.24) is 0 Å². The summed E-state index contributed by atoms with van der Waals surface area (Å²) >= 11 is 0. The minimum Gasteiger partial charge on any atom is -0.492 e. The molecule has 0 bridgehead atoms. The molecule has 0 spiro atoms. The van der Waals surface area contributed by atoms with E-state index in [1.54, 1.807) is 42.7 Å². The van der Waals surface area contributed by atoms with Gasteiger partial charge in [-0.1, -0.05) is 121 Å². The predicted molar refractivity (Wildman–Crippen MR) is 218 cm³/mol. The molecule has 0 N–H and O–H groups in total. The van der Waals surface area contributed by atoms with E-state index < -0.39 is 15.8 Å². The van der Waals surface area contributed by atoms with Gasteiger partial charge in [0.25, 0.3) is 0 Å². The van der Waals surface area contributed by atoms with E-state index in [9.17, 15) is 0 Å². The van der Waals surface area contributed by atoms with Crippen LogP contribution in [-0.4, -0.2) is 42.7 Å². The number of benzene rings is 6. The minimum atomic E-state index is -1.20. The molecule has 6 rings (SSSR count). The Labute approximate surface area is 309 Å². The predicted octanol–water partition coefficient (Wildman–Crippen LogP) is 7.54. The van der Waals surface area contributed by atoms with Crippen molar-refractivity contribution in [2.45, 2.75) is 13.8 Å². The highest BCUT2D eigenvalue weighted by Crippen LogP contribution is 2.57. The van der Waals surface area contributed by atoms with Crippen LogP contribution in [-0.2, 0) is 0 Å². The first-order valence-electron chi connectivity index (χ1n) is 16.9. The lowest BCUT2D eigenvalue weighted by Crippen LogP contribution is -2.29. The zero-order valence-corrected chi connectivity index (χ0v) is 32.7. The van der Waals surface area contributed by atoms with Crippen LogP contribution in [0.5, 0.6) is 34.5 Å². The van der Waals surface area contributed by atoms with Gasteiger partial charge in [0.05, 0.1) is 42.7 Å². The molecule has 0 saturated heterocycles. The first kappa shape index (κ1) is 36.8. The second-order valence-corrected chi connectivity index (χ2v) is 16.2. The Morgan fingerprint density at radius 2 is 0.538 bits per heavy atom. The van der Waals surface area contributed by atoms with E-state index in [1.807, 2.05) is 0 Å². The normalized spacial score (nSPS) is 11.0. The standard InChI is InChI=1S/C44H44O6P2/c1-29-37(45-3)41(49-7)39(47-5)35(43(29)51(31-21-13-9-14-22-31)32-23-15-10-16-24-32)36-40(48-6)42(50-8)38(46-4)30(2)44(36)52(33-25-17-11-18-26-33)34-27-19-12-20-28-34/h9-28H,1-8H3. The Hall–Kier alpha value is -5.02. The smallest absolute Gasteiger partial charge is 0.204 e. The molecule has 0 atom stereocenters. The van der Waals surface area contributed by atoms with Crippen LogP contribution in [0.3, 0.4) is 0 Å². The van der Waals surface area contributed by atoms with Crippen LogP contribution in [0.25, 0.3) is 11.1 Å². The summed E-state index contributed by atoms with van der Waals surface area (Å²) in [4.78, 5) is 0. The maximum atomic E-state index is 6.48. The summed E-state index contributed by atoms with van der Waals surface area (Å²) in [5, 5.41) is 6.82. The van der Waals surface area contributed by atoms with Gasteiger partial charge in [0, 0.05) is 32.9 Å². The van der Waals surface area contributed by atoms with Crippen molar-refractivity contribution in [3.63, 3.8) is 0 Å². The Balaban J connectivity index is 1.92. The molecule has 6 nitrogen and oxygen atoms in total. The van der Waals surface area contributed by atoms with Crippen LogP contribution in [0.15, 0.2) is 121 Å². The van der Waals surface area contributed by atoms with Crippen molar-refractivity contribution in [2.24, 2.45) is 0 Å². The largest absolute Gasteiger partial charge is 0.492 e. The fourth-order valence-corrected chi connectivity index (χ4v) is 12.2. The van der Waals surface area contributed by atoms with Crippen LogP contribution in [0.4, 0.5) is 0 Å². The van der Waals surface area contributed by atoms with Gasteiger partial charge in [-0.25, -0.2) is 0 Å². The molecular weight excluding hydrogens is 686 g/mol. The van der Waals surface area contributed by atoms with Crippen molar-refractivity contribution < 1.29 is 28.4 Å². The van der Waals surface area contributed by atoms with Crippen molar-refractivity contribution in [1.29, 1.82) is 0 Å². The first-order chi connectivity index (χ1) is 25.4. The number of hydrogen-bond acceptors (Lipinski definition) is 6. The van der Waals surface area contributed by atoms with Crippen molar-refractivity contribution >= 4 is 47.7 Å². The highest BCUT2D eigenvalue weighted by Gasteiger charge is 2.38. The molecule has 6 aromatic rings. The first-order valence-corrected chi connectivity index (χ1v) is 19.6. The molecule has 266 valence electrons. The van der Waals surface area contributed by atoms with Gasteiger partial charge in [-0.05, 0) is 50.9 Å². The highest BCUT2D eigenvalue weighted by molar-refractivity contribution is 7.81. The Kier molecular flexibility index (Phi) is 11.7. The van der Waals surface area contributed by atoms with E-state index >= 15 is 0 Å². The van der Waals surface area contributed by atoms with Crippen LogP contribution in [0, 0.1) is 13.8 Å². The average Bonchev–Trinajstić information content (AvgIpc) is 3.20. The highest BCUT2D eigenvalue weighted by atomic mass is 31.1. The van der Waals surface area contributed by atoms with Crippen LogP contribution >= 0.6 is 15.8 Å². The van der Waals surface area contributed by atoms with E-state index in [4.69, 9.17) is 28.4 Å². The number of rotatable bonds is 13. The zero-order valence-electron chi connectivity index (χ0n) is 30.9. The van der Waals surface area contributed by atoms with E-state index in [0.29, 0.717) is 34.5 Å². The summed E-state index contributed by atoms with van der Waals surface area (Å²) in [7, 11) is 7.63. The van der Waals surface area contributed by atoms with Gasteiger partial charge < -0.3 is 28.4 Å². The summed E-state index contributed by atoms with van der Waals surface area (Å²) in [6, 6.07) is 42.6. The monoisotopic (exact) mass is 730 g/mol. The third-order valence-corrected chi connectivity index (χ3v) is 14.4. The third-order valence-electron chi connectivity index (χ3n) is 9.12. The molecule has 6 aromatic carbocycles. The second kappa shape index (κ2) is 16.5. The molecule has 0 aromatic heterocycles. The maximum Gasteiger partial charge on any atom is 0.204 e. The van der Waals surface area contributed by atoms with Gasteiger partial charge in [-0.2, -0.15) is 0 Å². The summed E-state index contributed by atoms with van der Waals surface area (Å²) in [6.07, 6.45) is 0. The molecule has 0 heterocycles. The van der Waals surface area contributed by atoms with Gasteiger partial charge in [-0.3, -0.25) is 0 Å². The molecule has 0 aliphatic carbocycles. The molecule has 0 fully saturated rings. The molecule has 0 amide bonds. The molecule has 8 heteroatoms. The SMILES string of the molecule is COc1c(C)c(P(c2ccccc2)c2ccccc2)c(-c2c(OC)c(OC)c(OC)c(C)c2P(c2ccccc2)c2ccccc2)c(OC)c1OC. The van der Waals surface area contributed by atoms with Gasteiger partial charge in [-0.15, -0.1) is 0 Å². The lowest BCUT2D eigenvalue weighted by molar-refractivity contribution is 0.321. The zero-order chi connectivity index (χ0) is 36.8. The summed E-state index contributed by atoms with van der Waals surface area (Å²) in [6.45, 7) is 4.22. The van der Waals surface area contributed by atoms with Gasteiger partial charge in [0.2, 0.25) is 11.5 Å². The fraction of sp³-hybridized carbons (Fsp3) is 0.182. The Bertz CT molecular complexity index is 1890. The van der Waals surface area contributed by atoms with E-state index in [2.05, 4.69) is 135 Å². The third kappa shape index (κ3) is 6.58. The molecule has 0 unspecified atom stereocenters. The fourth-order valence-electron chi connectivity index (χ4n) is 6.98. The number of methoxy groups -OCH3 is 6. The van der Waals surface area contributed by atoms with Crippen molar-refractivity contribution in [3.8, 4) is 45.6 Å². The van der Waals surface area contributed by atoms with Crippen LogP contribution < -0.4 is 60.2 Å². The maximum absolute atomic E-state index is 6.48. The van der Waals surface area contributed by atoms with E-state index in [0.717, 1.165) is 32.9 Å². The molecule has 0 saturated carbocycles. The summed E-state index contributed by atoms with van der Waals surface area (Å²) in [5.41, 5.74) is 3.59. The van der Waals surface area contributed by atoms with Gasteiger partial charge in [0.15, 0.2) is 23.0 Å². The Morgan fingerprint density at radius 1 is 0.308 bits per heavy atom. The molecule has 0 aliphatic heterocycles. The second-order valence-electron chi connectivity index (χ2n) is 11.9. The van der Waals surface area contributed by atoms with Crippen molar-refractivity contribution in [2.75, 3.05) is 42.7 Å². The number of ether oxygens (including phenoxy) is 6. The Morgan fingerprint density at radius 3 is 0.750 bits per heavy atom. The summed E-state index contributed by atoms with van der Waals surface area (Å²) in [5.74, 6) is 3.32. The molecule has 0 radical (unpaired) electrons. The van der Waals surface area contributed by atoms with Crippen LogP contribution in [0.2, 0.25) is 0 Å². The van der Waals surface area contributed by atoms with E-state index in [-0.39, 0.29) is 0 Å². The molecular formula is C44H44O6P2. The average molecular weight is 731 g/mol. The topological polar surface area (TPSA) is 55.4 Å². The lowest BCUT2D eigenvalue weighted by Gasteiger charge is -2.33. The van der Waals surface area contributed by atoms with Gasteiger partial charge in [0.1, 0.15) is 0 Å². The van der Waals surface area contributed by atoms with Gasteiger partial charge >= 0.3 is 0 Å². The lowest BCUT2D eigenvalue weighted by atomic mass is 9.96. The van der Waals surface area contributed by atoms with E-state index in [1.165, 1.54) is 21.2 Å². The molecule has 0 aliphatic rings. The minimum absolute atomic E-state index is 0.501. The summed E-state index contributed by atoms with van der Waals surface area (Å²) < 4.78 is 37.7. The quantitative estimate of drug-likeness (QED) is 0.115. The number of hydrogen-bond donors (Lipinski definition) is 0.